The number of hydrogen-bond donors (Lipinski definition) is 18. The van der Waals surface area contributed by atoms with Crippen LogP contribution in [0.15, 0.2) is 0 Å². The summed E-state index contributed by atoms with van der Waals surface area (Å²) in [5.74, 6) is 0. The van der Waals surface area contributed by atoms with E-state index in [-0.39, 0.29) is 157 Å². The molecule has 0 saturated heterocycles. The average molecular weight is 1040 g/mol. The zero-order valence-electron chi connectivity index (χ0n) is 29.3. The van der Waals surface area contributed by atoms with Gasteiger partial charge in [-0.05, 0) is 0 Å². The molecule has 0 amide bonds. The third-order valence-corrected chi connectivity index (χ3v) is 1.50. The molecule has 0 fully saturated rings. The second-order valence-electron chi connectivity index (χ2n) is 5.20. The molecule has 0 aromatic rings. The Morgan fingerprint density at radius 2 is 0.157 bits per heavy atom. The zero-order chi connectivity index (χ0) is 30.7. The van der Waals surface area contributed by atoms with Gasteiger partial charge in [0.1, 0.15) is 0 Å². The normalized spacial score (nSPS) is 5.29. The van der Waals surface area contributed by atoms with Crippen LogP contribution < -0.4 is 178 Å². The van der Waals surface area contributed by atoms with Crippen LogP contribution in [-0.4, -0.2) is 151 Å². The van der Waals surface area contributed by atoms with Crippen LogP contribution in [0.4, 0.5) is 0 Å². The molecule has 48 N–H and O–H groups in total. The van der Waals surface area contributed by atoms with Crippen LogP contribution in [0, 0.1) is 0 Å². The summed E-state index contributed by atoms with van der Waals surface area (Å²) in [5, 5.41) is 0. The first-order valence-electron chi connectivity index (χ1n) is 11.8. The quantitative estimate of drug-likeness (QED) is 0.0954. The molecule has 0 aromatic heterocycles. The summed E-state index contributed by atoms with van der Waals surface area (Å²) in [5.41, 5.74) is 88.2. The van der Waals surface area contributed by atoms with Crippen molar-refractivity contribution in [1.82, 2.24) is 0 Å². The molecule has 0 unspecified atom stereocenters. The summed E-state index contributed by atoms with van der Waals surface area (Å²) in [4.78, 5) is 0. The second kappa shape index (κ2) is 335. The standard InChI is InChI=1S/9C2H8N2.6ClH.3Ni.6H2O/c9*3-1-2-4;;;;;;;;;;;;;;;/h9*1-4H2;6*1H;;;;6*1H2/q;;;;;;;;;;;;;;;3*+2;;;;;;/p-6. The van der Waals surface area contributed by atoms with Gasteiger partial charge in [0, 0.05) is 118 Å². The molecule has 0 bridgehead atoms. The summed E-state index contributed by atoms with van der Waals surface area (Å²) < 4.78 is 0. The van der Waals surface area contributed by atoms with Crippen molar-refractivity contribution < 1.29 is 157 Å². The Morgan fingerprint density at radius 3 is 0.157 bits per heavy atom. The van der Waals surface area contributed by atoms with Gasteiger partial charge in [0.2, 0.25) is 0 Å². The molecular formula is C18H84Cl6N18Ni3O6. The summed E-state index contributed by atoms with van der Waals surface area (Å²) in [6.45, 7) is 10.7. The molecule has 0 aromatic carbocycles. The minimum Gasteiger partial charge on any atom is -1.00 e. The fourth-order valence-corrected chi connectivity index (χ4v) is 0. The molecule has 0 atom stereocenters. The maximum atomic E-state index is 4.90. The van der Waals surface area contributed by atoms with Crippen LogP contribution in [0.5, 0.6) is 0 Å². The van der Waals surface area contributed by atoms with Crippen LogP contribution in [0.1, 0.15) is 0 Å². The molecule has 0 saturated carbocycles. The van der Waals surface area contributed by atoms with Crippen molar-refractivity contribution in [2.24, 2.45) is 103 Å². The SMILES string of the molecule is NCCN.NCCN.NCCN.NCCN.NCCN.NCCN.NCCN.NCCN.NCCN.O.O.O.O.O.O.[Cl-].[Cl-].[Cl-].[Cl-].[Cl-].[Cl-].[Ni+2].[Ni+2].[Ni+2]. The molecule has 33 heteroatoms. The third-order valence-electron chi connectivity index (χ3n) is 1.50. The number of halogens is 6. The Hall–Kier alpha value is 2.26. The first-order valence-corrected chi connectivity index (χ1v) is 11.8. The Bertz CT molecular complexity index is 178. The van der Waals surface area contributed by atoms with Crippen molar-refractivity contribution >= 4 is 0 Å². The van der Waals surface area contributed by atoms with Gasteiger partial charge in [0.05, 0.1) is 0 Å². The predicted octanol–water partition coefficient (Wildman–Crippen LogP) is -32.8. The van der Waals surface area contributed by atoms with Crippen LogP contribution in [-0.2, 0) is 49.5 Å². The summed E-state index contributed by atoms with van der Waals surface area (Å²) in [7, 11) is 0. The summed E-state index contributed by atoms with van der Waals surface area (Å²) in [6.07, 6.45) is 0. The van der Waals surface area contributed by atoms with Gasteiger partial charge in [0.25, 0.3) is 0 Å². The van der Waals surface area contributed by atoms with Gasteiger partial charge in [-0.3, -0.25) is 0 Å². The molecule has 24 nitrogen and oxygen atoms in total. The summed E-state index contributed by atoms with van der Waals surface area (Å²) >= 11 is 0. The largest absolute Gasteiger partial charge is 2.00 e. The first kappa shape index (κ1) is 170. The monoisotopic (exact) mass is 1030 g/mol. The molecule has 0 rings (SSSR count). The van der Waals surface area contributed by atoms with Gasteiger partial charge >= 0.3 is 49.5 Å². The van der Waals surface area contributed by atoms with Gasteiger partial charge in [0.15, 0.2) is 0 Å². The van der Waals surface area contributed by atoms with Crippen LogP contribution in [0.2, 0.25) is 0 Å². The van der Waals surface area contributed by atoms with E-state index in [1.165, 1.54) is 0 Å². The van der Waals surface area contributed by atoms with E-state index in [4.69, 9.17) is 103 Å². The number of nitrogens with two attached hydrogens (primary N) is 18. The van der Waals surface area contributed by atoms with Crippen molar-refractivity contribution in [3.63, 3.8) is 0 Å². The second-order valence-corrected chi connectivity index (χ2v) is 5.20. The Morgan fingerprint density at radius 1 is 0.137 bits per heavy atom. The van der Waals surface area contributed by atoms with Crippen LogP contribution in [0.25, 0.3) is 0 Å². The Balaban J connectivity index is -0.00000000705. The fourth-order valence-electron chi connectivity index (χ4n) is 0. The van der Waals surface area contributed by atoms with Gasteiger partial charge < -0.3 is 211 Å². The Kier molecular flexibility index (Phi) is 1110. The van der Waals surface area contributed by atoms with Crippen LogP contribution in [0.3, 0.4) is 0 Å². The molecule has 0 spiro atoms. The minimum atomic E-state index is 0. The van der Waals surface area contributed by atoms with E-state index >= 15 is 0 Å². The maximum absolute atomic E-state index is 4.90. The van der Waals surface area contributed by atoms with Gasteiger partial charge in [-0.1, -0.05) is 0 Å². The molecule has 0 aliphatic rings. The molecular weight excluding hydrogens is 953 g/mol. The zero-order valence-corrected chi connectivity index (χ0v) is 36.8. The van der Waals surface area contributed by atoms with Gasteiger partial charge in [-0.15, -0.1) is 0 Å². The Labute approximate surface area is 375 Å². The summed E-state index contributed by atoms with van der Waals surface area (Å²) in [6, 6.07) is 0. The average Bonchev–Trinajstić information content (AvgIpc) is 2.97. The molecule has 0 aliphatic heterocycles. The molecule has 354 valence electrons. The maximum Gasteiger partial charge on any atom is 2.00 e. The molecule has 0 aliphatic carbocycles. The smallest absolute Gasteiger partial charge is 1.00 e. The van der Waals surface area contributed by atoms with E-state index in [2.05, 4.69) is 0 Å². The van der Waals surface area contributed by atoms with E-state index in [9.17, 15) is 0 Å². The molecule has 51 heavy (non-hydrogen) atoms. The van der Waals surface area contributed by atoms with Crippen molar-refractivity contribution in [1.29, 1.82) is 0 Å². The fraction of sp³-hybridized carbons (Fsp3) is 1.00. The van der Waals surface area contributed by atoms with E-state index < -0.39 is 0 Å². The minimum absolute atomic E-state index is 0. The van der Waals surface area contributed by atoms with Crippen LogP contribution >= 0.6 is 0 Å². The van der Waals surface area contributed by atoms with E-state index in [1.807, 2.05) is 0 Å². The predicted molar refractivity (Wildman–Crippen MR) is 185 cm³/mol. The van der Waals surface area contributed by atoms with Crippen molar-refractivity contribution in [2.75, 3.05) is 118 Å². The number of rotatable bonds is 9. The number of hydrogen-bond acceptors (Lipinski definition) is 18. The van der Waals surface area contributed by atoms with E-state index in [0.29, 0.717) is 118 Å². The van der Waals surface area contributed by atoms with E-state index in [1.54, 1.807) is 0 Å². The molecule has 0 heterocycles. The van der Waals surface area contributed by atoms with Crippen molar-refractivity contribution in [2.45, 2.75) is 0 Å². The van der Waals surface area contributed by atoms with Gasteiger partial charge in [-0.2, -0.15) is 0 Å². The van der Waals surface area contributed by atoms with Crippen molar-refractivity contribution in [3.8, 4) is 0 Å². The van der Waals surface area contributed by atoms with E-state index in [0.717, 1.165) is 0 Å². The topological polar surface area (TPSA) is 657 Å². The van der Waals surface area contributed by atoms with Gasteiger partial charge in [-0.25, -0.2) is 0 Å². The van der Waals surface area contributed by atoms with Crippen molar-refractivity contribution in [3.05, 3.63) is 0 Å². The first-order chi connectivity index (χ1) is 17.2. The third kappa shape index (κ3) is 1040. The molecule has 0 radical (unpaired) electrons.